The van der Waals surface area contributed by atoms with Gasteiger partial charge in [-0.2, -0.15) is 0 Å². The predicted octanol–water partition coefficient (Wildman–Crippen LogP) is 3.48. The molecule has 1 N–H and O–H groups in total. The van der Waals surface area contributed by atoms with Gasteiger partial charge in [0.2, 0.25) is 5.91 Å². The van der Waals surface area contributed by atoms with Crippen molar-refractivity contribution in [1.82, 2.24) is 9.80 Å². The van der Waals surface area contributed by atoms with Crippen molar-refractivity contribution < 1.29 is 14.3 Å². The van der Waals surface area contributed by atoms with E-state index in [9.17, 15) is 9.59 Å². The van der Waals surface area contributed by atoms with Crippen molar-refractivity contribution in [2.24, 2.45) is 0 Å². The van der Waals surface area contributed by atoms with E-state index in [-0.39, 0.29) is 12.5 Å². The van der Waals surface area contributed by atoms with Crippen molar-refractivity contribution in [3.8, 4) is 11.1 Å². The summed E-state index contributed by atoms with van der Waals surface area (Å²) in [5.41, 5.74) is 3.31. The van der Waals surface area contributed by atoms with Crippen LogP contribution >= 0.6 is 11.3 Å². The summed E-state index contributed by atoms with van der Waals surface area (Å²) in [4.78, 5) is 29.8. The molecule has 29 heavy (non-hydrogen) atoms. The molecule has 0 bridgehead atoms. The Balaban J connectivity index is 1.75. The molecule has 2 aromatic rings. The molecule has 3 rings (SSSR count). The van der Waals surface area contributed by atoms with Gasteiger partial charge in [0.1, 0.15) is 10.6 Å². The van der Waals surface area contributed by atoms with Crippen LogP contribution in [0.3, 0.4) is 0 Å². The fourth-order valence-corrected chi connectivity index (χ4v) is 4.41. The number of rotatable bonds is 7. The smallest absolute Gasteiger partial charge is 0.341 e. The van der Waals surface area contributed by atoms with Crippen molar-refractivity contribution >= 4 is 28.2 Å². The minimum Gasteiger partial charge on any atom is -0.462 e. The van der Waals surface area contributed by atoms with Crippen LogP contribution in [-0.2, 0) is 9.53 Å². The lowest BCUT2D eigenvalue weighted by molar-refractivity contribution is -0.117. The van der Waals surface area contributed by atoms with E-state index in [4.69, 9.17) is 4.74 Å². The summed E-state index contributed by atoms with van der Waals surface area (Å²) < 4.78 is 5.27. The van der Waals surface area contributed by atoms with E-state index in [1.165, 1.54) is 11.3 Å². The monoisotopic (exact) mass is 415 g/mol. The van der Waals surface area contributed by atoms with Gasteiger partial charge < -0.3 is 15.0 Å². The molecule has 1 aromatic carbocycles. The van der Waals surface area contributed by atoms with Crippen molar-refractivity contribution in [3.63, 3.8) is 0 Å². The molecule has 2 heterocycles. The molecule has 1 fully saturated rings. The number of carbonyl (C=O) groups is 2. The van der Waals surface area contributed by atoms with E-state index in [1.54, 1.807) is 6.92 Å². The van der Waals surface area contributed by atoms with Crippen molar-refractivity contribution in [1.29, 1.82) is 0 Å². The number of likely N-dealkylation sites (N-methyl/N-ethyl adjacent to an activating group) is 1. The highest BCUT2D eigenvalue weighted by Crippen LogP contribution is 2.36. The highest BCUT2D eigenvalue weighted by Gasteiger charge is 2.24. The third-order valence-corrected chi connectivity index (χ3v) is 6.06. The minimum atomic E-state index is -0.406. The number of hydrogen-bond donors (Lipinski definition) is 1. The highest BCUT2D eigenvalue weighted by molar-refractivity contribution is 7.15. The van der Waals surface area contributed by atoms with Crippen LogP contribution in [0.15, 0.2) is 29.6 Å². The number of nitrogens with zero attached hydrogens (tertiary/aromatic N) is 2. The Bertz CT molecular complexity index is 839. The van der Waals surface area contributed by atoms with Gasteiger partial charge in [-0.25, -0.2) is 4.79 Å². The summed E-state index contributed by atoms with van der Waals surface area (Å²) >= 11 is 1.36. The van der Waals surface area contributed by atoms with Gasteiger partial charge in [0.05, 0.1) is 13.2 Å². The molecule has 1 amide bonds. The molecule has 156 valence electrons. The largest absolute Gasteiger partial charge is 0.462 e. The van der Waals surface area contributed by atoms with Crippen molar-refractivity contribution in [2.75, 3.05) is 51.2 Å². The normalized spacial score (nSPS) is 15.3. The van der Waals surface area contributed by atoms with Crippen LogP contribution in [0, 0.1) is 6.92 Å². The average Bonchev–Trinajstić information content (AvgIpc) is 3.12. The number of ether oxygens (including phenoxy) is 1. The van der Waals surface area contributed by atoms with Crippen LogP contribution in [0.4, 0.5) is 5.00 Å². The summed E-state index contributed by atoms with van der Waals surface area (Å²) in [6.45, 7) is 11.3. The fraction of sp³-hybridized carbons (Fsp3) is 0.455. The number of amides is 1. The third kappa shape index (κ3) is 5.44. The summed E-state index contributed by atoms with van der Waals surface area (Å²) in [5, 5.41) is 5.41. The van der Waals surface area contributed by atoms with Crippen molar-refractivity contribution in [2.45, 2.75) is 20.8 Å². The second-order valence-corrected chi connectivity index (χ2v) is 8.08. The van der Waals surface area contributed by atoms with Gasteiger partial charge in [0, 0.05) is 37.1 Å². The van der Waals surface area contributed by atoms with E-state index >= 15 is 0 Å². The number of benzene rings is 1. The quantitative estimate of drug-likeness (QED) is 0.702. The third-order valence-electron chi connectivity index (χ3n) is 5.17. The fourth-order valence-electron chi connectivity index (χ4n) is 3.43. The summed E-state index contributed by atoms with van der Waals surface area (Å²) in [6.07, 6.45) is 0. The van der Waals surface area contributed by atoms with E-state index in [0.29, 0.717) is 17.1 Å². The standard InChI is InChI=1S/C22H29N3O3S/c1-4-24-10-12-25(13-11-24)14-19(26)23-21-20(22(27)28-5-2)18(15-29-21)17-8-6-16(3)7-9-17/h6-9,15H,4-5,10-14H2,1-3H3,(H,23,26). The van der Waals surface area contributed by atoms with Gasteiger partial charge >= 0.3 is 5.97 Å². The van der Waals surface area contributed by atoms with Crippen LogP contribution < -0.4 is 5.32 Å². The number of nitrogens with one attached hydrogen (secondary N) is 1. The summed E-state index contributed by atoms with van der Waals surface area (Å²) in [5.74, 6) is -0.506. The Morgan fingerprint density at radius 1 is 1.07 bits per heavy atom. The molecular weight excluding hydrogens is 386 g/mol. The Hall–Kier alpha value is -2.22. The molecule has 0 radical (unpaired) electrons. The average molecular weight is 416 g/mol. The number of piperazine rings is 1. The van der Waals surface area contributed by atoms with Gasteiger partial charge in [-0.3, -0.25) is 9.69 Å². The second-order valence-electron chi connectivity index (χ2n) is 7.20. The minimum absolute atomic E-state index is 0.0993. The van der Waals surface area contributed by atoms with Crippen LogP contribution in [0.1, 0.15) is 29.8 Å². The Morgan fingerprint density at radius 2 is 1.72 bits per heavy atom. The zero-order chi connectivity index (χ0) is 20.8. The van der Waals surface area contributed by atoms with E-state index in [2.05, 4.69) is 22.0 Å². The number of esters is 1. The summed E-state index contributed by atoms with van der Waals surface area (Å²) in [7, 11) is 0. The maximum atomic E-state index is 12.6. The SMILES string of the molecule is CCOC(=O)c1c(-c2ccc(C)cc2)csc1NC(=O)CN1CCN(CC)CC1. The highest BCUT2D eigenvalue weighted by atomic mass is 32.1. The molecule has 0 unspecified atom stereocenters. The lowest BCUT2D eigenvalue weighted by Crippen LogP contribution is -2.48. The van der Waals surface area contributed by atoms with Crippen LogP contribution in [0.2, 0.25) is 0 Å². The van der Waals surface area contributed by atoms with Gasteiger partial charge in [0.15, 0.2) is 0 Å². The topological polar surface area (TPSA) is 61.9 Å². The number of anilines is 1. The zero-order valence-electron chi connectivity index (χ0n) is 17.4. The first-order chi connectivity index (χ1) is 14.0. The molecule has 1 aromatic heterocycles. The maximum Gasteiger partial charge on any atom is 0.341 e. The lowest BCUT2D eigenvalue weighted by atomic mass is 10.0. The van der Waals surface area contributed by atoms with Crippen molar-refractivity contribution in [3.05, 3.63) is 40.8 Å². The number of carbonyl (C=O) groups excluding carboxylic acids is 2. The molecule has 0 spiro atoms. The van der Waals surface area contributed by atoms with Crippen LogP contribution in [0.5, 0.6) is 0 Å². The Kier molecular flexibility index (Phi) is 7.41. The molecule has 0 aliphatic carbocycles. The van der Waals surface area contributed by atoms with Gasteiger partial charge in [-0.15, -0.1) is 11.3 Å². The molecule has 6 nitrogen and oxygen atoms in total. The molecular formula is C22H29N3O3S. The molecule has 0 atom stereocenters. The maximum absolute atomic E-state index is 12.6. The molecule has 7 heteroatoms. The number of thiophene rings is 1. The van der Waals surface area contributed by atoms with Gasteiger partial charge in [-0.05, 0) is 26.0 Å². The van der Waals surface area contributed by atoms with E-state index in [1.807, 2.05) is 36.6 Å². The van der Waals surface area contributed by atoms with Crippen LogP contribution in [-0.4, -0.2) is 67.6 Å². The number of hydrogen-bond acceptors (Lipinski definition) is 6. The molecule has 1 aliphatic rings. The zero-order valence-corrected chi connectivity index (χ0v) is 18.2. The first-order valence-electron chi connectivity index (χ1n) is 10.1. The van der Waals surface area contributed by atoms with Gasteiger partial charge in [-0.1, -0.05) is 36.8 Å². The summed E-state index contributed by atoms with van der Waals surface area (Å²) in [6, 6.07) is 7.99. The Labute approximate surface area is 176 Å². The van der Waals surface area contributed by atoms with E-state index in [0.717, 1.165) is 49.4 Å². The molecule has 1 saturated heterocycles. The molecule has 0 saturated carbocycles. The first-order valence-corrected chi connectivity index (χ1v) is 11.0. The first kappa shape index (κ1) is 21.5. The van der Waals surface area contributed by atoms with E-state index < -0.39 is 5.97 Å². The number of aryl methyl sites for hydroxylation is 1. The lowest BCUT2D eigenvalue weighted by Gasteiger charge is -2.33. The van der Waals surface area contributed by atoms with Crippen LogP contribution in [0.25, 0.3) is 11.1 Å². The predicted molar refractivity (Wildman–Crippen MR) is 118 cm³/mol. The molecule has 1 aliphatic heterocycles. The Morgan fingerprint density at radius 3 is 2.34 bits per heavy atom. The second kappa shape index (κ2) is 10.0. The van der Waals surface area contributed by atoms with Gasteiger partial charge in [0.25, 0.3) is 0 Å².